The molecule has 0 aromatic heterocycles. The zero-order valence-corrected chi connectivity index (χ0v) is 18.7. The largest absolute Gasteiger partial charge is 0.493 e. The smallest absolute Gasteiger partial charge is 0.269 e. The molecule has 0 aliphatic heterocycles. The lowest BCUT2D eigenvalue weighted by Crippen LogP contribution is -2.20. The van der Waals surface area contributed by atoms with E-state index in [-0.39, 0.29) is 24.6 Å². The zero-order valence-electron chi connectivity index (χ0n) is 18.7. The predicted molar refractivity (Wildman–Crippen MR) is 126 cm³/mol. The van der Waals surface area contributed by atoms with Gasteiger partial charge in [0.1, 0.15) is 6.61 Å². The summed E-state index contributed by atoms with van der Waals surface area (Å²) in [6, 6.07) is 17.4. The molecule has 1 amide bonds. The number of non-ortho nitro benzene ring substituents is 1. The lowest BCUT2D eigenvalue weighted by atomic mass is 10.0. The van der Waals surface area contributed by atoms with Crippen LogP contribution in [0.3, 0.4) is 0 Å². The minimum Gasteiger partial charge on any atom is -0.493 e. The van der Waals surface area contributed by atoms with Crippen LogP contribution in [0.5, 0.6) is 11.5 Å². The summed E-state index contributed by atoms with van der Waals surface area (Å²) in [7, 11) is 1.53. The van der Waals surface area contributed by atoms with Crippen LogP contribution in [-0.4, -0.2) is 24.2 Å². The second kappa shape index (κ2) is 10.9. The first-order valence-corrected chi connectivity index (χ1v) is 10.3. The number of benzene rings is 3. The highest BCUT2D eigenvalue weighted by Gasteiger charge is 2.08. The van der Waals surface area contributed by atoms with Gasteiger partial charge in [-0.15, -0.1) is 0 Å². The van der Waals surface area contributed by atoms with Crippen molar-refractivity contribution in [2.24, 2.45) is 5.10 Å². The highest BCUT2D eigenvalue weighted by atomic mass is 16.6. The third kappa shape index (κ3) is 6.64. The number of hydrogen-bond donors (Lipinski definition) is 1. The summed E-state index contributed by atoms with van der Waals surface area (Å²) in [6.07, 6.45) is 1.78. The Morgan fingerprint density at radius 3 is 2.48 bits per heavy atom. The van der Waals surface area contributed by atoms with Gasteiger partial charge in [-0.2, -0.15) is 5.10 Å². The number of nitro groups is 1. The molecule has 0 radical (unpaired) electrons. The molecule has 8 heteroatoms. The van der Waals surface area contributed by atoms with Gasteiger partial charge in [0.2, 0.25) is 5.91 Å². The molecule has 1 N–H and O–H groups in total. The maximum Gasteiger partial charge on any atom is 0.269 e. The molecule has 0 heterocycles. The summed E-state index contributed by atoms with van der Waals surface area (Å²) in [5.74, 6) is 0.822. The molecule has 0 aliphatic carbocycles. The van der Waals surface area contributed by atoms with Gasteiger partial charge in [-0.1, -0.05) is 23.8 Å². The molecule has 0 saturated heterocycles. The first-order chi connectivity index (χ1) is 15.9. The van der Waals surface area contributed by atoms with Gasteiger partial charge in [-0.25, -0.2) is 5.43 Å². The van der Waals surface area contributed by atoms with Crippen molar-refractivity contribution < 1.29 is 19.2 Å². The van der Waals surface area contributed by atoms with Crippen LogP contribution in [0.25, 0.3) is 0 Å². The van der Waals surface area contributed by atoms with Crippen LogP contribution < -0.4 is 14.9 Å². The molecule has 0 spiro atoms. The van der Waals surface area contributed by atoms with Gasteiger partial charge in [0.25, 0.3) is 5.69 Å². The second-order valence-electron chi connectivity index (χ2n) is 7.52. The Morgan fingerprint density at radius 2 is 1.82 bits per heavy atom. The van der Waals surface area contributed by atoms with Crippen molar-refractivity contribution in [2.45, 2.75) is 26.9 Å². The molecule has 0 fully saturated rings. The molecule has 0 unspecified atom stereocenters. The van der Waals surface area contributed by atoms with Crippen LogP contribution in [0.15, 0.2) is 65.8 Å². The van der Waals surface area contributed by atoms with Gasteiger partial charge < -0.3 is 9.47 Å². The van der Waals surface area contributed by atoms with E-state index in [0.29, 0.717) is 11.5 Å². The van der Waals surface area contributed by atoms with Gasteiger partial charge in [-0.3, -0.25) is 14.9 Å². The van der Waals surface area contributed by atoms with E-state index >= 15 is 0 Å². The summed E-state index contributed by atoms with van der Waals surface area (Å²) >= 11 is 0. The Labute approximate surface area is 192 Å². The van der Waals surface area contributed by atoms with Crippen LogP contribution in [0.1, 0.15) is 27.8 Å². The number of nitro benzene ring substituents is 1. The monoisotopic (exact) mass is 447 g/mol. The van der Waals surface area contributed by atoms with E-state index in [2.05, 4.69) is 10.5 Å². The Bertz CT molecular complexity index is 1170. The van der Waals surface area contributed by atoms with Crippen LogP contribution >= 0.6 is 0 Å². The lowest BCUT2D eigenvalue weighted by molar-refractivity contribution is -0.384. The summed E-state index contributed by atoms with van der Waals surface area (Å²) < 4.78 is 11.2. The standard InChI is InChI=1S/C25H25N3O5/c1-17-4-8-21(18(2)12-17)14-25(29)27-26-15-20-7-11-23(24(13-20)32-3)33-16-19-5-9-22(10-6-19)28(30)31/h4-13,15H,14,16H2,1-3H3,(H,27,29)/b26-15+. The fourth-order valence-electron chi connectivity index (χ4n) is 3.19. The molecule has 0 atom stereocenters. The summed E-state index contributed by atoms with van der Waals surface area (Å²) in [5, 5.41) is 14.8. The molecule has 8 nitrogen and oxygen atoms in total. The molecule has 170 valence electrons. The first kappa shape index (κ1) is 23.5. The minimum atomic E-state index is -0.445. The molecule has 0 aliphatic rings. The number of amides is 1. The normalized spacial score (nSPS) is 10.8. The van der Waals surface area contributed by atoms with Gasteiger partial charge >= 0.3 is 0 Å². The number of aryl methyl sites for hydroxylation is 2. The number of nitrogens with one attached hydrogen (secondary N) is 1. The van der Waals surface area contributed by atoms with Gasteiger partial charge in [0.05, 0.1) is 24.7 Å². The number of nitrogens with zero attached hydrogens (tertiary/aromatic N) is 2. The average Bonchev–Trinajstić information content (AvgIpc) is 2.80. The summed E-state index contributed by atoms with van der Waals surface area (Å²) in [4.78, 5) is 22.5. The van der Waals surface area contributed by atoms with Crippen molar-refractivity contribution in [2.75, 3.05) is 7.11 Å². The molecule has 3 aromatic rings. The van der Waals surface area contributed by atoms with Crippen molar-refractivity contribution in [3.63, 3.8) is 0 Å². The van der Waals surface area contributed by atoms with Gasteiger partial charge in [0.15, 0.2) is 11.5 Å². The van der Waals surface area contributed by atoms with Crippen LogP contribution in [0.4, 0.5) is 5.69 Å². The van der Waals surface area contributed by atoms with Crippen LogP contribution in [0, 0.1) is 24.0 Å². The van der Waals surface area contributed by atoms with E-state index in [1.165, 1.54) is 25.5 Å². The van der Waals surface area contributed by atoms with Crippen LogP contribution in [0.2, 0.25) is 0 Å². The van der Waals surface area contributed by atoms with Crippen molar-refractivity contribution in [1.82, 2.24) is 5.43 Å². The fraction of sp³-hybridized carbons (Fsp3) is 0.200. The van der Waals surface area contributed by atoms with Crippen molar-refractivity contribution >= 4 is 17.8 Å². The van der Waals surface area contributed by atoms with Crippen molar-refractivity contribution in [3.8, 4) is 11.5 Å². The Balaban J connectivity index is 1.57. The van der Waals surface area contributed by atoms with Crippen molar-refractivity contribution in [1.29, 1.82) is 0 Å². The van der Waals surface area contributed by atoms with E-state index in [1.54, 1.807) is 30.3 Å². The number of carbonyl (C=O) groups excluding carboxylic acids is 1. The number of rotatable bonds is 9. The van der Waals surface area contributed by atoms with E-state index in [0.717, 1.165) is 27.8 Å². The Morgan fingerprint density at radius 1 is 1.06 bits per heavy atom. The first-order valence-electron chi connectivity index (χ1n) is 10.3. The molecule has 0 bridgehead atoms. The summed E-state index contributed by atoms with van der Waals surface area (Å²) in [6.45, 7) is 4.23. The van der Waals surface area contributed by atoms with E-state index in [4.69, 9.17) is 9.47 Å². The van der Waals surface area contributed by atoms with E-state index in [9.17, 15) is 14.9 Å². The van der Waals surface area contributed by atoms with E-state index < -0.39 is 4.92 Å². The average molecular weight is 447 g/mol. The van der Waals surface area contributed by atoms with Crippen LogP contribution in [-0.2, 0) is 17.8 Å². The molecule has 0 saturated carbocycles. The molecule has 33 heavy (non-hydrogen) atoms. The number of methoxy groups -OCH3 is 1. The lowest BCUT2D eigenvalue weighted by Gasteiger charge is -2.11. The SMILES string of the molecule is COc1cc(/C=N/NC(=O)Cc2ccc(C)cc2C)ccc1OCc1ccc([N+](=O)[O-])cc1. The third-order valence-corrected chi connectivity index (χ3v) is 4.98. The molecular weight excluding hydrogens is 422 g/mol. The quantitative estimate of drug-likeness (QED) is 0.296. The number of hydrazone groups is 1. The highest BCUT2D eigenvalue weighted by molar-refractivity contribution is 5.84. The maximum atomic E-state index is 12.2. The fourth-order valence-corrected chi connectivity index (χ4v) is 3.19. The number of carbonyl (C=O) groups is 1. The second-order valence-corrected chi connectivity index (χ2v) is 7.52. The highest BCUT2D eigenvalue weighted by Crippen LogP contribution is 2.28. The topological polar surface area (TPSA) is 103 Å². The van der Waals surface area contributed by atoms with Gasteiger partial charge in [-0.05, 0) is 66.4 Å². The summed E-state index contributed by atoms with van der Waals surface area (Å²) in [5.41, 5.74) is 7.28. The molecule has 3 rings (SSSR count). The zero-order chi connectivity index (χ0) is 23.8. The molecular formula is C25H25N3O5. The van der Waals surface area contributed by atoms with Crippen molar-refractivity contribution in [3.05, 3.63) is 98.6 Å². The number of ether oxygens (including phenoxy) is 2. The Kier molecular flexibility index (Phi) is 7.75. The molecule has 3 aromatic carbocycles. The third-order valence-electron chi connectivity index (χ3n) is 4.98. The Hall–Kier alpha value is -4.20. The minimum absolute atomic E-state index is 0.0288. The maximum absolute atomic E-state index is 12.2. The predicted octanol–water partition coefficient (Wildman–Crippen LogP) is 4.49. The van der Waals surface area contributed by atoms with E-state index in [1.807, 2.05) is 32.0 Å². The number of hydrogen-bond acceptors (Lipinski definition) is 6. The van der Waals surface area contributed by atoms with Gasteiger partial charge in [0, 0.05) is 12.1 Å².